The number of hydrogen-bond donors (Lipinski definition) is 1. The maximum atomic E-state index is 12.2. The first-order valence-electron chi connectivity index (χ1n) is 8.96. The molecule has 1 N–H and O–H groups in total. The first kappa shape index (κ1) is 22.4. The molecule has 0 aliphatic carbocycles. The summed E-state index contributed by atoms with van der Waals surface area (Å²) in [6.45, 7) is 2.26. The standard InChI is InChI=1S/C20H26N2O6S/c1-15(28-17-10-8-16(9-11-17)22(2)29(4,24)25)20(23)21-12-13-27-19-7-5-6-18(14-19)26-3/h5-11,14-15H,12-13H2,1-4H3,(H,21,23). The van der Waals surface area contributed by atoms with E-state index < -0.39 is 16.1 Å². The number of benzene rings is 2. The van der Waals surface area contributed by atoms with Gasteiger partial charge in [0.1, 0.15) is 23.9 Å². The molecule has 2 aromatic carbocycles. The van der Waals surface area contributed by atoms with E-state index in [2.05, 4.69) is 5.32 Å². The summed E-state index contributed by atoms with van der Waals surface area (Å²) in [6.07, 6.45) is 0.410. The predicted molar refractivity (Wildman–Crippen MR) is 111 cm³/mol. The maximum Gasteiger partial charge on any atom is 0.260 e. The van der Waals surface area contributed by atoms with Crippen LogP contribution in [0.5, 0.6) is 17.2 Å². The topological polar surface area (TPSA) is 94.2 Å². The van der Waals surface area contributed by atoms with Gasteiger partial charge in [0.2, 0.25) is 10.0 Å². The lowest BCUT2D eigenvalue weighted by Crippen LogP contribution is -2.38. The third kappa shape index (κ3) is 6.86. The minimum atomic E-state index is -3.33. The summed E-state index contributed by atoms with van der Waals surface area (Å²) < 4.78 is 40.6. The SMILES string of the molecule is COc1cccc(OCCNC(=O)C(C)Oc2ccc(N(C)S(C)(=O)=O)cc2)c1. The molecule has 0 fully saturated rings. The molecule has 0 spiro atoms. The fraction of sp³-hybridized carbons (Fsp3) is 0.350. The zero-order valence-corrected chi connectivity index (χ0v) is 17.7. The van der Waals surface area contributed by atoms with Crippen molar-refractivity contribution in [2.75, 3.05) is 37.9 Å². The van der Waals surface area contributed by atoms with Gasteiger partial charge < -0.3 is 19.5 Å². The molecule has 0 aliphatic rings. The summed E-state index contributed by atoms with van der Waals surface area (Å²) >= 11 is 0. The molecule has 0 saturated carbocycles. The van der Waals surface area contributed by atoms with Crippen molar-refractivity contribution in [2.24, 2.45) is 0 Å². The highest BCUT2D eigenvalue weighted by atomic mass is 32.2. The van der Waals surface area contributed by atoms with Gasteiger partial charge in [0, 0.05) is 13.1 Å². The van der Waals surface area contributed by atoms with E-state index in [0.717, 1.165) is 10.6 Å². The van der Waals surface area contributed by atoms with Gasteiger partial charge in [-0.3, -0.25) is 9.10 Å². The predicted octanol–water partition coefficient (Wildman–Crippen LogP) is 2.05. The lowest BCUT2D eigenvalue weighted by molar-refractivity contribution is -0.127. The van der Waals surface area contributed by atoms with Crippen LogP contribution < -0.4 is 23.8 Å². The van der Waals surface area contributed by atoms with Crippen LogP contribution in [0.25, 0.3) is 0 Å². The summed E-state index contributed by atoms with van der Waals surface area (Å²) in [4.78, 5) is 12.2. The number of nitrogens with zero attached hydrogens (tertiary/aromatic N) is 1. The fourth-order valence-corrected chi connectivity index (χ4v) is 2.87. The Bertz CT molecular complexity index is 915. The van der Waals surface area contributed by atoms with E-state index in [-0.39, 0.29) is 5.91 Å². The van der Waals surface area contributed by atoms with E-state index in [4.69, 9.17) is 14.2 Å². The number of sulfonamides is 1. The van der Waals surface area contributed by atoms with Crippen molar-refractivity contribution in [2.45, 2.75) is 13.0 Å². The van der Waals surface area contributed by atoms with Gasteiger partial charge in [0.05, 0.1) is 25.6 Å². The number of carbonyl (C=O) groups is 1. The highest BCUT2D eigenvalue weighted by Gasteiger charge is 2.15. The molecule has 2 rings (SSSR count). The van der Waals surface area contributed by atoms with Crippen LogP contribution in [0.1, 0.15) is 6.92 Å². The van der Waals surface area contributed by atoms with Crippen LogP contribution in [0.2, 0.25) is 0 Å². The van der Waals surface area contributed by atoms with Gasteiger partial charge in [0.25, 0.3) is 5.91 Å². The summed E-state index contributed by atoms with van der Waals surface area (Å²) in [5.74, 6) is 1.53. The van der Waals surface area contributed by atoms with Crippen molar-refractivity contribution in [3.05, 3.63) is 48.5 Å². The number of carbonyl (C=O) groups excluding carboxylic acids is 1. The third-order valence-corrected chi connectivity index (χ3v) is 5.30. The molecule has 29 heavy (non-hydrogen) atoms. The van der Waals surface area contributed by atoms with E-state index in [1.165, 1.54) is 7.05 Å². The molecule has 0 saturated heterocycles. The third-order valence-electron chi connectivity index (χ3n) is 4.09. The number of nitrogens with one attached hydrogen (secondary N) is 1. The number of methoxy groups -OCH3 is 1. The quantitative estimate of drug-likeness (QED) is 0.589. The zero-order valence-electron chi connectivity index (χ0n) is 16.9. The van der Waals surface area contributed by atoms with Gasteiger partial charge in [-0.2, -0.15) is 0 Å². The fourth-order valence-electron chi connectivity index (χ4n) is 2.36. The molecule has 1 unspecified atom stereocenters. The van der Waals surface area contributed by atoms with Gasteiger partial charge in [-0.1, -0.05) is 6.07 Å². The Hall–Kier alpha value is -2.94. The summed E-state index contributed by atoms with van der Waals surface area (Å²) in [5, 5.41) is 2.74. The van der Waals surface area contributed by atoms with Crippen LogP contribution in [0.15, 0.2) is 48.5 Å². The highest BCUT2D eigenvalue weighted by Crippen LogP contribution is 2.21. The van der Waals surface area contributed by atoms with Crippen LogP contribution in [-0.2, 0) is 14.8 Å². The van der Waals surface area contributed by atoms with E-state index in [9.17, 15) is 13.2 Å². The van der Waals surface area contributed by atoms with Gasteiger partial charge in [-0.15, -0.1) is 0 Å². The Kier molecular flexibility index (Phi) is 7.72. The number of rotatable bonds is 10. The monoisotopic (exact) mass is 422 g/mol. The molecule has 0 heterocycles. The van der Waals surface area contributed by atoms with Gasteiger partial charge in [-0.05, 0) is 43.3 Å². The van der Waals surface area contributed by atoms with Crippen LogP contribution in [0.4, 0.5) is 5.69 Å². The van der Waals surface area contributed by atoms with E-state index in [1.54, 1.807) is 50.4 Å². The summed E-state index contributed by atoms with van der Waals surface area (Å²) in [5.41, 5.74) is 0.506. The molecule has 1 atom stereocenters. The minimum Gasteiger partial charge on any atom is -0.497 e. The van der Waals surface area contributed by atoms with Gasteiger partial charge >= 0.3 is 0 Å². The largest absolute Gasteiger partial charge is 0.497 e. The van der Waals surface area contributed by atoms with Crippen molar-refractivity contribution >= 4 is 21.6 Å². The molecule has 158 valence electrons. The molecular weight excluding hydrogens is 396 g/mol. The second-order valence-electron chi connectivity index (χ2n) is 6.30. The lowest BCUT2D eigenvalue weighted by Gasteiger charge is -2.18. The lowest BCUT2D eigenvalue weighted by atomic mass is 10.3. The second-order valence-corrected chi connectivity index (χ2v) is 8.32. The van der Waals surface area contributed by atoms with Crippen molar-refractivity contribution in [3.63, 3.8) is 0 Å². The molecule has 8 nitrogen and oxygen atoms in total. The smallest absolute Gasteiger partial charge is 0.260 e. The van der Waals surface area contributed by atoms with Crippen LogP contribution in [0, 0.1) is 0 Å². The molecule has 1 amide bonds. The number of hydrogen-bond acceptors (Lipinski definition) is 6. The Morgan fingerprint density at radius 2 is 1.76 bits per heavy atom. The normalized spacial score (nSPS) is 12.0. The van der Waals surface area contributed by atoms with Crippen LogP contribution in [0.3, 0.4) is 0 Å². The van der Waals surface area contributed by atoms with Crippen molar-refractivity contribution in [3.8, 4) is 17.2 Å². The summed E-state index contributed by atoms with van der Waals surface area (Å²) in [6, 6.07) is 13.7. The Morgan fingerprint density at radius 3 is 2.38 bits per heavy atom. The average Bonchev–Trinajstić information content (AvgIpc) is 2.70. The number of ether oxygens (including phenoxy) is 3. The van der Waals surface area contributed by atoms with E-state index in [1.807, 2.05) is 12.1 Å². The molecule has 0 aliphatic heterocycles. The molecule has 9 heteroatoms. The number of anilines is 1. The van der Waals surface area contributed by atoms with E-state index in [0.29, 0.717) is 36.1 Å². The van der Waals surface area contributed by atoms with Crippen molar-refractivity contribution in [1.29, 1.82) is 0 Å². The molecule has 0 aromatic heterocycles. The zero-order chi connectivity index (χ0) is 21.4. The van der Waals surface area contributed by atoms with E-state index >= 15 is 0 Å². The van der Waals surface area contributed by atoms with Crippen LogP contribution >= 0.6 is 0 Å². The van der Waals surface area contributed by atoms with Gasteiger partial charge in [-0.25, -0.2) is 8.42 Å². The molecule has 0 bridgehead atoms. The van der Waals surface area contributed by atoms with Gasteiger partial charge in [0.15, 0.2) is 6.10 Å². The average molecular weight is 423 g/mol. The van der Waals surface area contributed by atoms with Crippen molar-refractivity contribution < 1.29 is 27.4 Å². The molecule has 0 radical (unpaired) electrons. The second kappa shape index (κ2) is 10.0. The Labute approximate surface area is 171 Å². The minimum absolute atomic E-state index is 0.281. The summed E-state index contributed by atoms with van der Waals surface area (Å²) in [7, 11) is -0.284. The molecule has 2 aromatic rings. The van der Waals surface area contributed by atoms with Crippen molar-refractivity contribution in [1.82, 2.24) is 5.32 Å². The molecular formula is C20H26N2O6S. The highest BCUT2D eigenvalue weighted by molar-refractivity contribution is 7.92. The Morgan fingerprint density at radius 1 is 1.10 bits per heavy atom. The number of amides is 1. The first-order valence-corrected chi connectivity index (χ1v) is 10.8. The maximum absolute atomic E-state index is 12.2. The first-order chi connectivity index (χ1) is 13.7. The Balaban J connectivity index is 1.78. The van der Waals surface area contributed by atoms with Crippen LogP contribution in [-0.4, -0.2) is 54.0 Å².